The molecular weight excluding hydrogens is 418 g/mol. The minimum atomic E-state index is 0.536. The Morgan fingerprint density at radius 3 is 2.44 bits per heavy atom. The van der Waals surface area contributed by atoms with Gasteiger partial charge in [-0.2, -0.15) is 0 Å². The van der Waals surface area contributed by atoms with Gasteiger partial charge < -0.3 is 11.1 Å². The maximum atomic E-state index is 5.63. The van der Waals surface area contributed by atoms with Crippen LogP contribution in [0.2, 0.25) is 0 Å². The highest BCUT2D eigenvalue weighted by Crippen LogP contribution is 2.20. The van der Waals surface area contributed by atoms with E-state index < -0.39 is 0 Å². The van der Waals surface area contributed by atoms with Crippen LogP contribution in [0.4, 0.5) is 5.69 Å². The number of allylic oxidation sites excluding steroid dienone is 1. The summed E-state index contributed by atoms with van der Waals surface area (Å²) < 4.78 is 1.99. The number of aliphatic imine (C=N–C) groups is 1. The first-order valence-corrected chi connectivity index (χ1v) is 12.4. The van der Waals surface area contributed by atoms with Crippen molar-refractivity contribution in [2.24, 2.45) is 10.7 Å². The first-order valence-electron chi connectivity index (χ1n) is 12.4. The topological polar surface area (TPSA) is 68.2 Å². The molecule has 0 atom stereocenters. The van der Waals surface area contributed by atoms with E-state index in [9.17, 15) is 0 Å². The summed E-state index contributed by atoms with van der Waals surface area (Å²) in [6.45, 7) is 14.1. The lowest BCUT2D eigenvalue weighted by atomic mass is 9.97. The normalized spacial score (nSPS) is 14.5. The van der Waals surface area contributed by atoms with Gasteiger partial charge in [0.1, 0.15) is 11.5 Å². The fourth-order valence-corrected chi connectivity index (χ4v) is 3.84. The molecule has 2 heterocycles. The van der Waals surface area contributed by atoms with Crippen molar-refractivity contribution in [2.75, 3.05) is 5.32 Å². The molecule has 0 bridgehead atoms. The van der Waals surface area contributed by atoms with E-state index in [1.165, 1.54) is 37.7 Å². The lowest BCUT2D eigenvalue weighted by Gasteiger charge is -2.15. The fraction of sp³-hybridized carbons (Fsp3) is 0.379. The Hall–Kier alpha value is -3.18. The number of nitrogens with zero attached hydrogens (tertiary/aromatic N) is 3. The molecule has 3 aromatic rings. The zero-order valence-electron chi connectivity index (χ0n) is 21.5. The lowest BCUT2D eigenvalue weighted by Crippen LogP contribution is -2.22. The molecule has 4 rings (SSSR count). The van der Waals surface area contributed by atoms with Crippen molar-refractivity contribution in [3.05, 3.63) is 84.5 Å². The van der Waals surface area contributed by atoms with Gasteiger partial charge in [-0.1, -0.05) is 64.0 Å². The summed E-state index contributed by atoms with van der Waals surface area (Å²) >= 11 is 0. The number of benzene rings is 1. The average Bonchev–Trinajstić information content (AvgIpc) is 3.30. The van der Waals surface area contributed by atoms with Crippen LogP contribution in [-0.4, -0.2) is 21.4 Å². The molecule has 0 saturated heterocycles. The Bertz CT molecular complexity index is 1100. The van der Waals surface area contributed by atoms with Crippen molar-refractivity contribution in [3.8, 4) is 0 Å². The van der Waals surface area contributed by atoms with Crippen LogP contribution in [0, 0.1) is 6.92 Å². The smallest absolute Gasteiger partial charge is 0.145 e. The van der Waals surface area contributed by atoms with E-state index in [1.807, 2.05) is 80.9 Å². The van der Waals surface area contributed by atoms with Gasteiger partial charge in [0, 0.05) is 29.5 Å². The number of nitrogens with one attached hydrogen (secondary N) is 1. The van der Waals surface area contributed by atoms with Gasteiger partial charge in [0.25, 0.3) is 0 Å². The molecule has 5 heteroatoms. The lowest BCUT2D eigenvalue weighted by molar-refractivity contribution is 0.441. The standard InChI is InChI=1S/C21H22N4.C6H13N.C2H6/c1-5-19(16(3)23-20-11-7-6-9-15(20)2)24-17(4)25-14-12-18-10-8-13-22-21(18)25;7-6-4-2-1-3-5-6;1-2/h5-14,23H,3H2,1-2,4H3;6H,1-5,7H2;1-2H3/b19-5-,24-17?;;. The first-order chi connectivity index (χ1) is 16.5. The largest absolute Gasteiger partial charge is 0.354 e. The predicted octanol–water partition coefficient (Wildman–Crippen LogP) is 7.44. The Balaban J connectivity index is 0.000000384. The molecule has 0 amide bonds. The Morgan fingerprint density at radius 1 is 1.12 bits per heavy atom. The molecule has 1 aromatic carbocycles. The zero-order valence-corrected chi connectivity index (χ0v) is 21.5. The SMILES string of the molecule is C=C(Nc1ccccc1C)/C(=C/C)N=C(C)n1ccc2cccnc21.CC.NC1CCCCC1. The summed E-state index contributed by atoms with van der Waals surface area (Å²) in [6.07, 6.45) is 12.4. The maximum absolute atomic E-state index is 5.63. The van der Waals surface area contributed by atoms with Crippen LogP contribution >= 0.6 is 0 Å². The minimum Gasteiger partial charge on any atom is -0.354 e. The third-order valence-electron chi connectivity index (χ3n) is 5.74. The van der Waals surface area contributed by atoms with Gasteiger partial charge >= 0.3 is 0 Å². The van der Waals surface area contributed by atoms with E-state index in [0.717, 1.165) is 34.0 Å². The van der Waals surface area contributed by atoms with E-state index in [-0.39, 0.29) is 0 Å². The van der Waals surface area contributed by atoms with Crippen molar-refractivity contribution in [3.63, 3.8) is 0 Å². The molecule has 34 heavy (non-hydrogen) atoms. The molecule has 3 N–H and O–H groups in total. The van der Waals surface area contributed by atoms with Gasteiger partial charge in [0.05, 0.1) is 11.4 Å². The molecule has 2 aromatic heterocycles. The van der Waals surface area contributed by atoms with Gasteiger partial charge in [0.2, 0.25) is 0 Å². The summed E-state index contributed by atoms with van der Waals surface area (Å²) in [5.41, 5.74) is 10.3. The van der Waals surface area contributed by atoms with Crippen molar-refractivity contribution in [1.29, 1.82) is 0 Å². The van der Waals surface area contributed by atoms with Crippen LogP contribution in [0.3, 0.4) is 0 Å². The molecule has 0 aliphatic heterocycles. The quantitative estimate of drug-likeness (QED) is 0.242. The van der Waals surface area contributed by atoms with Crippen molar-refractivity contribution in [2.45, 2.75) is 72.8 Å². The van der Waals surface area contributed by atoms with Crippen LogP contribution < -0.4 is 11.1 Å². The molecule has 0 radical (unpaired) electrons. The number of para-hydroxylation sites is 1. The van der Waals surface area contributed by atoms with Gasteiger partial charge in [-0.3, -0.25) is 4.57 Å². The number of aromatic nitrogens is 2. The Kier molecular flexibility index (Phi) is 11.3. The first kappa shape index (κ1) is 27.1. The van der Waals surface area contributed by atoms with E-state index in [0.29, 0.717) is 6.04 Å². The summed E-state index contributed by atoms with van der Waals surface area (Å²) in [5.74, 6) is 0.842. The van der Waals surface area contributed by atoms with Gasteiger partial charge in [-0.15, -0.1) is 0 Å². The molecular formula is C29H41N5. The fourth-order valence-electron chi connectivity index (χ4n) is 3.84. The number of pyridine rings is 1. The van der Waals surface area contributed by atoms with Crippen LogP contribution in [0.25, 0.3) is 11.0 Å². The molecule has 1 fully saturated rings. The number of anilines is 1. The number of fused-ring (bicyclic) bond motifs is 1. The highest BCUT2D eigenvalue weighted by Gasteiger charge is 2.08. The molecule has 182 valence electrons. The minimum absolute atomic E-state index is 0.536. The maximum Gasteiger partial charge on any atom is 0.145 e. The van der Waals surface area contributed by atoms with Gasteiger partial charge in [-0.05, 0) is 63.4 Å². The van der Waals surface area contributed by atoms with Crippen LogP contribution in [0.1, 0.15) is 65.4 Å². The number of nitrogens with two attached hydrogens (primary N) is 1. The van der Waals surface area contributed by atoms with E-state index in [2.05, 4.69) is 29.9 Å². The van der Waals surface area contributed by atoms with Crippen LogP contribution in [0.15, 0.2) is 83.9 Å². The monoisotopic (exact) mass is 459 g/mol. The number of hydrogen-bond acceptors (Lipinski definition) is 4. The molecule has 0 unspecified atom stereocenters. The summed E-state index contributed by atoms with van der Waals surface area (Å²) in [4.78, 5) is 9.20. The molecule has 1 saturated carbocycles. The summed E-state index contributed by atoms with van der Waals surface area (Å²) in [7, 11) is 0. The summed E-state index contributed by atoms with van der Waals surface area (Å²) in [5, 5.41) is 4.45. The average molecular weight is 460 g/mol. The van der Waals surface area contributed by atoms with E-state index in [4.69, 9.17) is 10.7 Å². The van der Waals surface area contributed by atoms with Crippen molar-refractivity contribution < 1.29 is 0 Å². The predicted molar refractivity (Wildman–Crippen MR) is 148 cm³/mol. The molecule has 1 aliphatic carbocycles. The van der Waals surface area contributed by atoms with Crippen LogP contribution in [-0.2, 0) is 0 Å². The van der Waals surface area contributed by atoms with E-state index >= 15 is 0 Å². The molecule has 0 spiro atoms. The second kappa shape index (κ2) is 14.2. The van der Waals surface area contributed by atoms with Crippen molar-refractivity contribution in [1.82, 2.24) is 9.55 Å². The highest BCUT2D eigenvalue weighted by atomic mass is 15.1. The third-order valence-corrected chi connectivity index (χ3v) is 5.74. The zero-order chi connectivity index (χ0) is 24.9. The second-order valence-electron chi connectivity index (χ2n) is 8.25. The van der Waals surface area contributed by atoms with Gasteiger partial charge in [-0.25, -0.2) is 9.98 Å². The molecule has 1 aliphatic rings. The molecule has 5 nitrogen and oxygen atoms in total. The Morgan fingerprint density at radius 2 is 1.82 bits per heavy atom. The highest BCUT2D eigenvalue weighted by molar-refractivity contribution is 5.92. The second-order valence-corrected chi connectivity index (χ2v) is 8.25. The number of rotatable bonds is 4. The van der Waals surface area contributed by atoms with Crippen molar-refractivity contribution >= 4 is 22.6 Å². The summed E-state index contributed by atoms with van der Waals surface area (Å²) in [6, 6.07) is 14.7. The number of hydrogen-bond donors (Lipinski definition) is 2. The third kappa shape index (κ3) is 7.70. The Labute approximate surface area is 205 Å². The van der Waals surface area contributed by atoms with Crippen LogP contribution in [0.5, 0.6) is 0 Å². The number of aryl methyl sites for hydroxylation is 1. The van der Waals surface area contributed by atoms with E-state index in [1.54, 1.807) is 6.20 Å². The van der Waals surface area contributed by atoms with Gasteiger partial charge in [0.15, 0.2) is 0 Å².